The summed E-state index contributed by atoms with van der Waals surface area (Å²) in [4.78, 5) is 0. The van der Waals surface area contributed by atoms with Crippen LogP contribution in [0.1, 0.15) is 0 Å². The smallest absolute Gasteiger partial charge is 0.213 e. The Morgan fingerprint density at radius 1 is 1.53 bits per heavy atom. The van der Waals surface area contributed by atoms with Crippen LogP contribution in [-0.4, -0.2) is 70.4 Å². The molecular weight excluding hydrogens is 214 g/mol. The molecule has 0 saturated carbocycles. The highest BCUT2D eigenvalue weighted by molar-refractivity contribution is 7.58. The van der Waals surface area contributed by atoms with Crippen LogP contribution in [0, 0.1) is 0 Å². The average molecular weight is 234 g/mol. The predicted molar refractivity (Wildman–Crippen MR) is 63.0 cm³/mol. The number of nitrogens with zero attached hydrogens (tertiary/aromatic N) is 2. The van der Waals surface area contributed by atoms with Crippen LogP contribution < -0.4 is 0 Å². The summed E-state index contributed by atoms with van der Waals surface area (Å²) in [6.45, 7) is 3.02. The molecule has 15 heavy (non-hydrogen) atoms. The largest absolute Gasteiger partial charge is 0.356 e. The molecule has 7 heteroatoms. The third-order valence-electron chi connectivity index (χ3n) is 2.74. The Morgan fingerprint density at radius 2 is 2.13 bits per heavy atom. The van der Waals surface area contributed by atoms with Crippen LogP contribution in [0.5, 0.6) is 0 Å². The molecule has 0 aromatic heterocycles. The molecule has 1 saturated heterocycles. The number of methoxy groups -OCH3 is 1. The monoisotopic (exact) mass is 234 g/mol. The van der Waals surface area contributed by atoms with E-state index in [1.807, 2.05) is 26.6 Å². The number of hydrogen-bond donors (Lipinski definition) is 0. The molecule has 0 bridgehead atoms. The van der Waals surface area contributed by atoms with E-state index < -0.39 is 7.44 Å². The first-order chi connectivity index (χ1) is 6.87. The predicted octanol–water partition coefficient (Wildman–Crippen LogP) is -0.365. The van der Waals surface area contributed by atoms with Gasteiger partial charge in [-0.1, -0.05) is 0 Å². The lowest BCUT2D eigenvalue weighted by Gasteiger charge is -2.41. The summed E-state index contributed by atoms with van der Waals surface area (Å²) in [7, 11) is 4.83. The minimum Gasteiger partial charge on any atom is -0.356 e. The number of hydrogen-bond acceptors (Lipinski definition) is 3. The van der Waals surface area contributed by atoms with Crippen molar-refractivity contribution in [2.24, 2.45) is 0 Å². The molecule has 1 rings (SSSR count). The first-order valence-corrected chi connectivity index (χ1v) is 7.13. The molecule has 3 atom stereocenters. The molecule has 1 aliphatic heterocycles. The van der Waals surface area contributed by atoms with Crippen LogP contribution >= 0.6 is 7.44 Å². The van der Waals surface area contributed by atoms with E-state index in [1.54, 1.807) is 18.4 Å². The van der Waals surface area contributed by atoms with Crippen molar-refractivity contribution in [3.05, 3.63) is 0 Å². The Kier molecular flexibility index (Phi) is 4.38. The first kappa shape index (κ1) is 13.2. The van der Waals surface area contributed by atoms with Crippen molar-refractivity contribution in [3.63, 3.8) is 0 Å². The molecule has 0 N–H and O–H groups in total. The van der Waals surface area contributed by atoms with Gasteiger partial charge < -0.3 is 9.47 Å². The lowest BCUT2D eigenvalue weighted by molar-refractivity contribution is -0.165. The fourth-order valence-electron chi connectivity index (χ4n) is 1.57. The van der Waals surface area contributed by atoms with Gasteiger partial charge in [-0.3, -0.25) is 4.57 Å². The van der Waals surface area contributed by atoms with Crippen LogP contribution in [0.2, 0.25) is 0 Å². The van der Waals surface area contributed by atoms with Gasteiger partial charge in [-0.15, -0.1) is 0 Å². The Labute approximate surface area is 92.6 Å². The Bertz CT molecular complexity index is 264. The summed E-state index contributed by atoms with van der Waals surface area (Å²) in [5.74, 6) is 0. The maximum atomic E-state index is 12.4. The minimum absolute atomic E-state index is 0.0527. The Morgan fingerprint density at radius 3 is 2.60 bits per heavy atom. The number of morpholine rings is 1. The van der Waals surface area contributed by atoms with E-state index in [9.17, 15) is 4.57 Å². The molecule has 88 valence electrons. The molecule has 0 aromatic rings. The molecule has 0 aromatic carbocycles. The van der Waals surface area contributed by atoms with E-state index in [0.29, 0.717) is 13.1 Å². The molecule has 0 radical (unpaired) electrons. The zero-order valence-corrected chi connectivity index (χ0v) is 11.0. The second-order valence-corrected chi connectivity index (χ2v) is 7.20. The lowest BCUT2D eigenvalue weighted by atomic mass is 9.99. The fraction of sp³-hybridized carbons (Fsp3) is 1.00. The van der Waals surface area contributed by atoms with E-state index in [0.717, 1.165) is 0 Å². The van der Waals surface area contributed by atoms with E-state index in [-0.39, 0.29) is 12.3 Å². The van der Waals surface area contributed by atoms with E-state index >= 15 is 0 Å². The minimum atomic E-state index is -2.42. The highest BCUT2D eigenvalue weighted by Gasteiger charge is 2.35. The zero-order chi connectivity index (χ0) is 11.6. The Balaban J connectivity index is 2.73. The lowest BCUT2D eigenvalue weighted by Crippen LogP contribution is -2.48. The van der Waals surface area contributed by atoms with Gasteiger partial charge >= 0.3 is 0 Å². The van der Waals surface area contributed by atoms with Gasteiger partial charge in [0.1, 0.15) is 7.85 Å². The second-order valence-electron chi connectivity index (χ2n) is 4.17. The molecule has 1 aliphatic rings. The summed E-state index contributed by atoms with van der Waals surface area (Å²) in [5, 5.41) is 0. The van der Waals surface area contributed by atoms with Gasteiger partial charge in [0.25, 0.3) is 0 Å². The van der Waals surface area contributed by atoms with Crippen molar-refractivity contribution in [2.75, 3.05) is 41.0 Å². The average Bonchev–Trinajstić information content (AvgIpc) is 2.16. The van der Waals surface area contributed by atoms with Gasteiger partial charge in [-0.25, -0.2) is 9.34 Å². The summed E-state index contributed by atoms with van der Waals surface area (Å²) >= 11 is 0. The topological polar surface area (TPSA) is 42.0 Å². The van der Waals surface area contributed by atoms with E-state index in [1.165, 1.54) is 0 Å². The van der Waals surface area contributed by atoms with Gasteiger partial charge in [0.05, 0.1) is 6.54 Å². The van der Waals surface area contributed by atoms with Crippen LogP contribution in [0.15, 0.2) is 0 Å². The van der Waals surface area contributed by atoms with E-state index in [4.69, 9.17) is 9.47 Å². The maximum absolute atomic E-state index is 12.4. The van der Waals surface area contributed by atoms with Gasteiger partial charge in [0.2, 0.25) is 7.44 Å². The van der Waals surface area contributed by atoms with Crippen molar-refractivity contribution in [1.29, 1.82) is 0 Å². The van der Waals surface area contributed by atoms with Gasteiger partial charge in [0, 0.05) is 26.3 Å². The zero-order valence-electron chi connectivity index (χ0n) is 10.1. The van der Waals surface area contributed by atoms with Crippen LogP contribution in [-0.2, 0) is 14.0 Å². The van der Waals surface area contributed by atoms with Crippen LogP contribution in [0.4, 0.5) is 0 Å². The van der Waals surface area contributed by atoms with Gasteiger partial charge in [-0.05, 0) is 14.1 Å². The number of ether oxygens (including phenoxy) is 2. The SMILES string of the molecule is BC1CN([P@](C)(=O)N(C)C)CC(OC)O1. The van der Waals surface area contributed by atoms with Crippen molar-refractivity contribution < 1.29 is 14.0 Å². The highest BCUT2D eigenvalue weighted by Crippen LogP contribution is 2.48. The quantitative estimate of drug-likeness (QED) is 0.492. The summed E-state index contributed by atoms with van der Waals surface area (Å²) in [5.41, 5.74) is 0. The number of rotatable bonds is 3. The highest BCUT2D eigenvalue weighted by atomic mass is 31.2. The third-order valence-corrected chi connectivity index (χ3v) is 5.60. The maximum Gasteiger partial charge on any atom is 0.213 e. The molecular formula is C8H20BN2O3P. The van der Waals surface area contributed by atoms with Gasteiger partial charge in [0.15, 0.2) is 6.29 Å². The molecule has 1 heterocycles. The Hall–Kier alpha value is 0.135. The molecule has 0 amide bonds. The van der Waals surface area contributed by atoms with Crippen molar-refractivity contribution >= 4 is 15.3 Å². The molecule has 2 unspecified atom stereocenters. The molecule has 5 nitrogen and oxygen atoms in total. The first-order valence-electron chi connectivity index (χ1n) is 5.07. The molecule has 1 fully saturated rings. The summed E-state index contributed by atoms with van der Waals surface area (Å²) in [6.07, 6.45) is -0.276. The van der Waals surface area contributed by atoms with E-state index in [2.05, 4.69) is 0 Å². The van der Waals surface area contributed by atoms with Crippen molar-refractivity contribution in [3.8, 4) is 0 Å². The third kappa shape index (κ3) is 3.05. The normalized spacial score (nSPS) is 32.9. The molecule has 0 spiro atoms. The van der Waals surface area contributed by atoms with Crippen molar-refractivity contribution in [2.45, 2.75) is 12.3 Å². The van der Waals surface area contributed by atoms with Crippen LogP contribution in [0.25, 0.3) is 0 Å². The van der Waals surface area contributed by atoms with Gasteiger partial charge in [-0.2, -0.15) is 0 Å². The molecule has 0 aliphatic carbocycles. The fourth-order valence-corrected chi connectivity index (χ4v) is 3.05. The van der Waals surface area contributed by atoms with Crippen molar-refractivity contribution in [1.82, 2.24) is 9.34 Å². The second kappa shape index (κ2) is 4.98. The summed E-state index contributed by atoms with van der Waals surface area (Å²) in [6, 6.07) is 0.0527. The standard InChI is InChI=1S/C8H20BN2O3P/c1-10(2)15(4,12)11-5-7(9)14-8(6-11)13-3/h7-8H,5-6,9H2,1-4H3/t7?,8?,15-/m1/s1. The summed E-state index contributed by atoms with van der Waals surface area (Å²) < 4.78 is 26.8. The van der Waals surface area contributed by atoms with Crippen LogP contribution in [0.3, 0.4) is 0 Å².